The molecule has 9 rings (SSSR count). The molecule has 1 aliphatic carbocycles. The van der Waals surface area contributed by atoms with Gasteiger partial charge in [-0.25, -0.2) is 4.85 Å². The summed E-state index contributed by atoms with van der Waals surface area (Å²) in [6.45, 7) is 16.6. The number of fused-ring (bicyclic) bond motifs is 3. The summed E-state index contributed by atoms with van der Waals surface area (Å²) in [6.07, 6.45) is 0. The molecular formula is C57H45N3O2. The quantitative estimate of drug-likeness (QED) is 0.0827. The number of methoxy groups -OCH3 is 1. The Hall–Kier alpha value is -7.94. The second kappa shape index (κ2) is 16.6. The Kier molecular flexibility index (Phi) is 10.6. The predicted octanol–water partition coefficient (Wildman–Crippen LogP) is 15.0. The maximum Gasteiger partial charge on any atom is 0.336 e. The number of aryl methyl sites for hydroxylation is 4. The number of nitrogens with zero attached hydrogens (tertiary/aromatic N) is 3. The molecule has 8 aromatic rings. The smallest absolute Gasteiger partial charge is 0.336 e. The molecule has 0 N–H and O–H groups in total. The average Bonchev–Trinajstić information content (AvgIpc) is 3.62. The van der Waals surface area contributed by atoms with E-state index in [9.17, 15) is 4.79 Å². The molecule has 0 spiro atoms. The molecule has 0 aromatic heterocycles. The average molecular weight is 804 g/mol. The van der Waals surface area contributed by atoms with Crippen molar-refractivity contribution < 1.29 is 9.53 Å². The van der Waals surface area contributed by atoms with E-state index < -0.39 is 5.97 Å². The number of anilines is 6. The van der Waals surface area contributed by atoms with Gasteiger partial charge in [-0.2, -0.15) is 0 Å². The number of ether oxygens (including phenoxy) is 1. The van der Waals surface area contributed by atoms with Crippen LogP contribution in [0.15, 0.2) is 188 Å². The minimum Gasteiger partial charge on any atom is -0.474 e. The summed E-state index contributed by atoms with van der Waals surface area (Å²) in [7, 11) is 1.33. The van der Waals surface area contributed by atoms with E-state index in [4.69, 9.17) is 11.3 Å². The van der Waals surface area contributed by atoms with Crippen molar-refractivity contribution in [1.29, 1.82) is 0 Å². The Morgan fingerprint density at radius 3 is 0.952 bits per heavy atom. The maximum absolute atomic E-state index is 13.3. The van der Waals surface area contributed by atoms with Crippen LogP contribution >= 0.6 is 0 Å². The number of esters is 1. The van der Waals surface area contributed by atoms with Gasteiger partial charge in [-0.3, -0.25) is 4.79 Å². The first kappa shape index (κ1) is 39.5. The van der Waals surface area contributed by atoms with Crippen LogP contribution in [0, 0.1) is 34.3 Å². The summed E-state index contributed by atoms with van der Waals surface area (Å²) in [4.78, 5) is 21.6. The van der Waals surface area contributed by atoms with E-state index in [2.05, 4.69) is 224 Å². The Morgan fingerprint density at radius 2 is 0.677 bits per heavy atom. The molecule has 0 amide bonds. The van der Waals surface area contributed by atoms with Gasteiger partial charge in [0.1, 0.15) is 0 Å². The summed E-state index contributed by atoms with van der Waals surface area (Å²) in [5.41, 5.74) is 19.4. The lowest BCUT2D eigenvalue weighted by molar-refractivity contribution is -0.135. The number of carbonyl (C=O) groups excluding carboxylic acids is 1. The van der Waals surface area contributed by atoms with Gasteiger partial charge in [-0.05, 0) is 157 Å². The zero-order valence-electron chi connectivity index (χ0n) is 35.5. The van der Waals surface area contributed by atoms with Gasteiger partial charge < -0.3 is 14.5 Å². The van der Waals surface area contributed by atoms with Crippen LogP contribution in [0.25, 0.3) is 43.8 Å². The second-order valence-corrected chi connectivity index (χ2v) is 16.0. The topological polar surface area (TPSA) is 37.1 Å². The lowest BCUT2D eigenvalue weighted by Crippen LogP contribution is -2.09. The molecule has 0 saturated carbocycles. The highest BCUT2D eigenvalue weighted by atomic mass is 16.5. The summed E-state index contributed by atoms with van der Waals surface area (Å²) in [6, 6.07) is 64.1. The zero-order valence-corrected chi connectivity index (χ0v) is 35.5. The van der Waals surface area contributed by atoms with Gasteiger partial charge in [-0.15, -0.1) is 0 Å². The molecule has 0 unspecified atom stereocenters. The highest BCUT2D eigenvalue weighted by Gasteiger charge is 2.30. The second-order valence-electron chi connectivity index (χ2n) is 16.0. The third kappa shape index (κ3) is 7.55. The van der Waals surface area contributed by atoms with Crippen LogP contribution in [-0.2, 0) is 9.53 Å². The third-order valence-corrected chi connectivity index (χ3v) is 11.7. The molecule has 300 valence electrons. The van der Waals surface area contributed by atoms with Crippen molar-refractivity contribution in [2.45, 2.75) is 27.7 Å². The van der Waals surface area contributed by atoms with Crippen molar-refractivity contribution in [2.75, 3.05) is 16.9 Å². The van der Waals surface area contributed by atoms with Crippen molar-refractivity contribution in [3.63, 3.8) is 0 Å². The van der Waals surface area contributed by atoms with Gasteiger partial charge in [0.05, 0.1) is 13.7 Å². The summed E-state index contributed by atoms with van der Waals surface area (Å²) >= 11 is 0. The van der Waals surface area contributed by atoms with Crippen molar-refractivity contribution in [2.24, 2.45) is 0 Å². The normalized spacial score (nSPS) is 11.3. The maximum atomic E-state index is 13.3. The number of carbonyl (C=O) groups is 1. The first-order chi connectivity index (χ1) is 30.2. The molecule has 0 saturated heterocycles. The van der Waals surface area contributed by atoms with Crippen LogP contribution in [0.2, 0.25) is 0 Å². The Morgan fingerprint density at radius 1 is 0.403 bits per heavy atom. The summed E-state index contributed by atoms with van der Waals surface area (Å²) in [5, 5.41) is 0. The van der Waals surface area contributed by atoms with Crippen LogP contribution in [0.3, 0.4) is 0 Å². The van der Waals surface area contributed by atoms with Gasteiger partial charge >= 0.3 is 5.97 Å². The Labute approximate surface area is 364 Å². The minimum absolute atomic E-state index is 0.0360. The number of rotatable bonds is 9. The molecule has 8 aromatic carbocycles. The molecule has 62 heavy (non-hydrogen) atoms. The largest absolute Gasteiger partial charge is 0.474 e. The van der Waals surface area contributed by atoms with E-state index in [1.54, 1.807) is 0 Å². The van der Waals surface area contributed by atoms with E-state index in [0.717, 1.165) is 78.6 Å². The van der Waals surface area contributed by atoms with Gasteiger partial charge in [0, 0.05) is 39.7 Å². The molecular weight excluding hydrogens is 759 g/mol. The lowest BCUT2D eigenvalue weighted by Gasteiger charge is -2.26. The van der Waals surface area contributed by atoms with Gasteiger partial charge in [-0.1, -0.05) is 119 Å². The number of benzene rings is 8. The summed E-state index contributed by atoms with van der Waals surface area (Å²) in [5.74, 6) is -0.655. The molecule has 5 nitrogen and oxygen atoms in total. The van der Waals surface area contributed by atoms with Crippen LogP contribution in [0.5, 0.6) is 0 Å². The predicted molar refractivity (Wildman–Crippen MR) is 256 cm³/mol. The highest BCUT2D eigenvalue weighted by molar-refractivity contribution is 6.12. The van der Waals surface area contributed by atoms with Crippen LogP contribution in [0.1, 0.15) is 33.4 Å². The van der Waals surface area contributed by atoms with E-state index in [0.29, 0.717) is 5.57 Å². The van der Waals surface area contributed by atoms with E-state index >= 15 is 0 Å². The van der Waals surface area contributed by atoms with Crippen LogP contribution < -0.4 is 9.80 Å². The molecule has 0 fully saturated rings. The molecule has 0 atom stereocenters. The van der Waals surface area contributed by atoms with E-state index in [-0.39, 0.29) is 5.70 Å². The molecule has 0 heterocycles. The Balaban J connectivity index is 1.07. The minimum atomic E-state index is -0.655. The molecule has 1 aliphatic rings. The highest BCUT2D eigenvalue weighted by Crippen LogP contribution is 2.49. The monoisotopic (exact) mass is 803 g/mol. The summed E-state index contributed by atoms with van der Waals surface area (Å²) < 4.78 is 5.20. The molecule has 5 heteroatoms. The van der Waals surface area contributed by atoms with Crippen molar-refractivity contribution in [1.82, 2.24) is 0 Å². The SMILES string of the molecule is [C-]#[N+]C(C(=O)OC)=C1c2cc(-c3ccc(N(c4ccc(C)cc4)c4ccc(C)cc4)cc3)ccc2-c2ccc(-c3ccc(N(c4ccc(C)cc4)c4ccc(C)cc4)cc3)cc21. The number of hydrogen-bond donors (Lipinski definition) is 0. The number of hydrogen-bond acceptors (Lipinski definition) is 4. The van der Waals surface area contributed by atoms with Crippen molar-refractivity contribution in [3.8, 4) is 33.4 Å². The lowest BCUT2D eigenvalue weighted by atomic mass is 9.95. The first-order valence-electron chi connectivity index (χ1n) is 20.8. The fraction of sp³-hybridized carbons (Fsp3) is 0.0877. The Bertz CT molecular complexity index is 2730. The van der Waals surface area contributed by atoms with Crippen LogP contribution in [0.4, 0.5) is 34.1 Å². The van der Waals surface area contributed by atoms with Crippen molar-refractivity contribution in [3.05, 3.63) is 232 Å². The van der Waals surface area contributed by atoms with Gasteiger partial charge in [0.2, 0.25) is 0 Å². The van der Waals surface area contributed by atoms with Crippen LogP contribution in [-0.4, -0.2) is 13.1 Å². The van der Waals surface area contributed by atoms with E-state index in [1.807, 2.05) is 0 Å². The third-order valence-electron chi connectivity index (χ3n) is 11.7. The van der Waals surface area contributed by atoms with Gasteiger partial charge in [0.15, 0.2) is 0 Å². The fourth-order valence-corrected chi connectivity index (χ4v) is 8.31. The van der Waals surface area contributed by atoms with E-state index in [1.165, 1.54) is 29.4 Å². The standard InChI is InChI=1S/C57H45N3O2/c1-37-7-21-45(22-8-37)59(46-23-9-38(2)10-24-46)49-29-15-41(16-30-49)43-19-33-51-52-34-20-44(36-54(52)55(53(51)35-43)56(58-5)57(61)62-6)42-17-31-50(32-18-42)60(47-25-11-39(3)12-26-47)48-27-13-40(4)14-28-48/h7-36H,1-4,6H3. The fourth-order valence-electron chi connectivity index (χ4n) is 8.31. The molecule has 0 bridgehead atoms. The molecule has 0 aliphatic heterocycles. The molecule has 0 radical (unpaired) electrons. The first-order valence-corrected chi connectivity index (χ1v) is 20.8. The zero-order chi connectivity index (χ0) is 42.9. The van der Waals surface area contributed by atoms with Crippen molar-refractivity contribution >= 4 is 45.7 Å². The van der Waals surface area contributed by atoms with Gasteiger partial charge in [0.25, 0.3) is 5.70 Å².